The van der Waals surface area contributed by atoms with Crippen molar-refractivity contribution in [3.05, 3.63) is 65.7 Å². The molecule has 2 aromatic carbocycles. The summed E-state index contributed by atoms with van der Waals surface area (Å²) >= 11 is 11.5. The summed E-state index contributed by atoms with van der Waals surface area (Å²) in [6.45, 7) is 1.45. The van der Waals surface area contributed by atoms with Gasteiger partial charge in [0.1, 0.15) is 12.1 Å². The van der Waals surface area contributed by atoms with E-state index in [1.54, 1.807) is 0 Å². The molecule has 0 bridgehead atoms. The molecular weight excluding hydrogens is 441 g/mol. The molecule has 2 aromatic rings. The van der Waals surface area contributed by atoms with Crippen molar-refractivity contribution in [2.75, 3.05) is 29.7 Å². The summed E-state index contributed by atoms with van der Waals surface area (Å²) in [6.07, 6.45) is 0.705. The summed E-state index contributed by atoms with van der Waals surface area (Å²) in [5.74, 6) is -0.890. The van der Waals surface area contributed by atoms with Crippen LogP contribution in [0.4, 0.5) is 5.69 Å². The molecule has 2 rings (SSSR count). The lowest BCUT2D eigenvalue weighted by Crippen LogP contribution is -2.32. The van der Waals surface area contributed by atoms with Crippen molar-refractivity contribution in [3.8, 4) is 0 Å². The van der Waals surface area contributed by atoms with Gasteiger partial charge in [-0.1, -0.05) is 42.5 Å². The summed E-state index contributed by atoms with van der Waals surface area (Å²) in [6, 6.07) is 15.3. The van der Waals surface area contributed by atoms with Crippen LogP contribution in [0.5, 0.6) is 0 Å². The Morgan fingerprint density at radius 3 is 1.58 bits per heavy atom. The Kier molecular flexibility index (Phi) is 12.6. The number of hydrogen-bond donors (Lipinski definition) is 4. The van der Waals surface area contributed by atoms with E-state index < -0.39 is 24.0 Å². The molecule has 170 valence electrons. The first-order valence-corrected chi connectivity index (χ1v) is 10.8. The van der Waals surface area contributed by atoms with Crippen LogP contribution in [0.2, 0.25) is 0 Å². The Labute approximate surface area is 192 Å². The molecule has 6 N–H and O–H groups in total. The van der Waals surface area contributed by atoms with Crippen LogP contribution in [0, 0.1) is 0 Å². The lowest BCUT2D eigenvalue weighted by Gasteiger charge is -2.23. The van der Waals surface area contributed by atoms with Crippen LogP contribution in [-0.4, -0.2) is 59.1 Å². The van der Waals surface area contributed by atoms with Crippen molar-refractivity contribution < 1.29 is 19.8 Å². The highest BCUT2D eigenvalue weighted by Gasteiger charge is 2.13. The van der Waals surface area contributed by atoms with Gasteiger partial charge in [0.25, 0.3) is 0 Å². The van der Waals surface area contributed by atoms with Crippen molar-refractivity contribution in [2.24, 2.45) is 11.5 Å². The molecule has 2 atom stereocenters. The van der Waals surface area contributed by atoms with Gasteiger partial charge in [0.05, 0.1) is 0 Å². The SMILES string of the molecule is NC(Cc1ccccc1)C(=O)O.N[C@@H](Cc1ccc(N(CCCl)CCCl)cc1)C(=O)O. The van der Waals surface area contributed by atoms with E-state index in [0.717, 1.165) is 29.9 Å². The quantitative estimate of drug-likeness (QED) is 0.372. The fourth-order valence-electron chi connectivity index (χ4n) is 2.71. The molecule has 0 aliphatic carbocycles. The normalized spacial score (nSPS) is 12.3. The minimum atomic E-state index is -0.991. The van der Waals surface area contributed by atoms with E-state index in [1.165, 1.54) is 0 Å². The lowest BCUT2D eigenvalue weighted by molar-refractivity contribution is -0.139. The van der Waals surface area contributed by atoms with Crippen LogP contribution >= 0.6 is 23.2 Å². The second-order valence-corrected chi connectivity index (χ2v) is 7.57. The minimum absolute atomic E-state index is 0.320. The molecule has 0 amide bonds. The van der Waals surface area contributed by atoms with E-state index in [4.69, 9.17) is 44.9 Å². The van der Waals surface area contributed by atoms with Crippen LogP contribution < -0.4 is 16.4 Å². The number of aliphatic carboxylic acids is 2. The molecule has 0 aliphatic rings. The molecule has 0 saturated carbocycles. The number of halogens is 2. The van der Waals surface area contributed by atoms with Gasteiger partial charge in [0.2, 0.25) is 0 Å². The number of alkyl halides is 2. The van der Waals surface area contributed by atoms with Gasteiger partial charge < -0.3 is 26.6 Å². The third kappa shape index (κ3) is 10.5. The molecule has 0 aromatic heterocycles. The van der Waals surface area contributed by atoms with Crippen LogP contribution in [-0.2, 0) is 22.4 Å². The Bertz CT molecular complexity index is 785. The molecule has 0 spiro atoms. The van der Waals surface area contributed by atoms with Crippen LogP contribution in [0.1, 0.15) is 11.1 Å². The number of carboxylic acid groups (broad SMARTS) is 2. The largest absolute Gasteiger partial charge is 0.480 e. The summed E-state index contributed by atoms with van der Waals surface area (Å²) in [7, 11) is 0. The number of carbonyl (C=O) groups is 2. The molecule has 31 heavy (non-hydrogen) atoms. The maximum atomic E-state index is 10.7. The van der Waals surface area contributed by atoms with E-state index >= 15 is 0 Å². The van der Waals surface area contributed by atoms with Gasteiger partial charge in [0.15, 0.2) is 0 Å². The number of carboxylic acids is 2. The smallest absolute Gasteiger partial charge is 0.320 e. The Morgan fingerprint density at radius 2 is 1.19 bits per heavy atom. The third-order valence-corrected chi connectivity index (χ3v) is 4.74. The second-order valence-electron chi connectivity index (χ2n) is 6.81. The van der Waals surface area contributed by atoms with Gasteiger partial charge in [-0.3, -0.25) is 9.59 Å². The highest BCUT2D eigenvalue weighted by atomic mass is 35.5. The zero-order valence-electron chi connectivity index (χ0n) is 17.2. The Morgan fingerprint density at radius 1 is 0.774 bits per heavy atom. The first kappa shape index (κ1) is 26.7. The maximum Gasteiger partial charge on any atom is 0.320 e. The average molecular weight is 470 g/mol. The number of anilines is 1. The fourth-order valence-corrected chi connectivity index (χ4v) is 3.12. The number of benzene rings is 2. The third-order valence-electron chi connectivity index (χ3n) is 4.40. The summed E-state index contributed by atoms with van der Waals surface area (Å²) < 4.78 is 0. The van der Waals surface area contributed by atoms with E-state index in [-0.39, 0.29) is 0 Å². The molecule has 0 saturated heterocycles. The summed E-state index contributed by atoms with van der Waals surface area (Å²) in [5.41, 5.74) is 13.7. The van der Waals surface area contributed by atoms with Crippen LogP contribution in [0.3, 0.4) is 0 Å². The van der Waals surface area contributed by atoms with E-state index in [2.05, 4.69) is 4.90 Å². The van der Waals surface area contributed by atoms with E-state index in [1.807, 2.05) is 54.6 Å². The highest BCUT2D eigenvalue weighted by Crippen LogP contribution is 2.16. The van der Waals surface area contributed by atoms with Gasteiger partial charge >= 0.3 is 11.9 Å². The van der Waals surface area contributed by atoms with E-state index in [0.29, 0.717) is 24.6 Å². The monoisotopic (exact) mass is 469 g/mol. The fraction of sp³-hybridized carbons (Fsp3) is 0.364. The zero-order chi connectivity index (χ0) is 23.2. The number of hydrogen-bond acceptors (Lipinski definition) is 5. The molecule has 0 aliphatic heterocycles. The molecule has 0 heterocycles. The van der Waals surface area contributed by atoms with Crippen LogP contribution in [0.15, 0.2) is 54.6 Å². The number of nitrogens with zero attached hydrogens (tertiary/aromatic N) is 1. The van der Waals surface area contributed by atoms with Crippen LogP contribution in [0.25, 0.3) is 0 Å². The van der Waals surface area contributed by atoms with Crippen molar-refractivity contribution >= 4 is 40.8 Å². The Balaban J connectivity index is 0.000000343. The topological polar surface area (TPSA) is 130 Å². The first-order chi connectivity index (χ1) is 14.8. The summed E-state index contributed by atoms with van der Waals surface area (Å²) in [4.78, 5) is 23.1. The standard InChI is InChI=1S/C13H18Cl2N2O2.C9H11NO2/c14-5-7-17(8-6-15)11-3-1-10(2-4-11)9-12(16)13(18)19;10-8(9(11)12)6-7-4-2-1-3-5-7/h1-4,12H,5-9,16H2,(H,18,19);1-5,8H,6,10H2,(H,11,12)/t12-;/m0./s1. The predicted octanol–water partition coefficient (Wildman–Crippen LogP) is 2.57. The molecule has 0 radical (unpaired) electrons. The zero-order valence-corrected chi connectivity index (χ0v) is 18.7. The number of rotatable bonds is 11. The Hall–Kier alpha value is -2.32. The van der Waals surface area contributed by atoms with Gasteiger partial charge in [0, 0.05) is 30.5 Å². The predicted molar refractivity (Wildman–Crippen MR) is 125 cm³/mol. The minimum Gasteiger partial charge on any atom is -0.480 e. The van der Waals surface area contributed by atoms with Gasteiger partial charge in [-0.2, -0.15) is 0 Å². The molecule has 1 unspecified atom stereocenters. The molecular formula is C22H29Cl2N3O4. The summed E-state index contributed by atoms with van der Waals surface area (Å²) in [5, 5.41) is 17.3. The van der Waals surface area contributed by atoms with Crippen molar-refractivity contribution in [2.45, 2.75) is 24.9 Å². The first-order valence-electron chi connectivity index (χ1n) is 9.75. The number of nitrogens with two attached hydrogens (primary N) is 2. The highest BCUT2D eigenvalue weighted by molar-refractivity contribution is 6.18. The van der Waals surface area contributed by atoms with Gasteiger partial charge in [-0.05, 0) is 36.1 Å². The second kappa shape index (κ2) is 14.6. The molecule has 9 heteroatoms. The van der Waals surface area contributed by atoms with Crippen molar-refractivity contribution in [1.82, 2.24) is 0 Å². The molecule has 0 fully saturated rings. The lowest BCUT2D eigenvalue weighted by atomic mass is 10.1. The van der Waals surface area contributed by atoms with E-state index in [9.17, 15) is 9.59 Å². The maximum absolute atomic E-state index is 10.7. The van der Waals surface area contributed by atoms with Gasteiger partial charge in [-0.25, -0.2) is 0 Å². The average Bonchev–Trinajstić information content (AvgIpc) is 2.75. The van der Waals surface area contributed by atoms with Gasteiger partial charge in [-0.15, -0.1) is 23.2 Å². The van der Waals surface area contributed by atoms with Crippen molar-refractivity contribution in [3.63, 3.8) is 0 Å². The van der Waals surface area contributed by atoms with Crippen molar-refractivity contribution in [1.29, 1.82) is 0 Å². The molecule has 7 nitrogen and oxygen atoms in total.